The van der Waals surface area contributed by atoms with Crippen LogP contribution in [0.15, 0.2) is 48.5 Å². The fourth-order valence-electron chi connectivity index (χ4n) is 2.49. The zero-order chi connectivity index (χ0) is 19.9. The molecular formula is C22H27NO4. The molecule has 0 spiro atoms. The molecule has 2 aromatic carbocycles. The molecule has 0 aliphatic heterocycles. The van der Waals surface area contributed by atoms with Crippen LogP contribution in [-0.2, 0) is 29.1 Å². The Kier molecular flexibility index (Phi) is 7.13. The van der Waals surface area contributed by atoms with Gasteiger partial charge in [-0.2, -0.15) is 0 Å². The first-order valence-corrected chi connectivity index (χ1v) is 9.04. The van der Waals surface area contributed by atoms with Crippen LogP contribution >= 0.6 is 0 Å². The van der Waals surface area contributed by atoms with E-state index in [1.54, 1.807) is 24.3 Å². The molecule has 0 radical (unpaired) electrons. The number of carboxylic acid groups (broad SMARTS) is 1. The summed E-state index contributed by atoms with van der Waals surface area (Å²) in [5, 5.41) is 11.8. The first kappa shape index (κ1) is 20.6. The standard InChI is InChI=1S/C22H27NO4/c1-22(2,3)27-15-18-6-4-5-17(13-18)14-23-20(24)12-9-16-7-10-19(11-8-16)21(25)26/h4-8,10-11,13H,9,12,14-15H2,1-3H3,(H,23,24)(H,25,26). The number of aromatic carboxylic acids is 1. The van der Waals surface area contributed by atoms with Crippen molar-refractivity contribution in [3.05, 3.63) is 70.8 Å². The fraction of sp³-hybridized carbons (Fsp3) is 0.364. The minimum atomic E-state index is -0.950. The van der Waals surface area contributed by atoms with Gasteiger partial charge in [-0.1, -0.05) is 36.4 Å². The number of carbonyl (C=O) groups is 2. The van der Waals surface area contributed by atoms with E-state index in [1.807, 2.05) is 45.0 Å². The number of benzene rings is 2. The van der Waals surface area contributed by atoms with Crippen LogP contribution in [0.3, 0.4) is 0 Å². The van der Waals surface area contributed by atoms with Gasteiger partial charge in [-0.25, -0.2) is 4.79 Å². The van der Waals surface area contributed by atoms with Crippen molar-refractivity contribution in [3.8, 4) is 0 Å². The van der Waals surface area contributed by atoms with Crippen LogP contribution in [0.2, 0.25) is 0 Å². The summed E-state index contributed by atoms with van der Waals surface area (Å²) in [5.41, 5.74) is 3.11. The predicted molar refractivity (Wildman–Crippen MR) is 105 cm³/mol. The summed E-state index contributed by atoms with van der Waals surface area (Å²) >= 11 is 0. The Hall–Kier alpha value is -2.66. The normalized spacial score (nSPS) is 11.2. The molecule has 2 N–H and O–H groups in total. The third-order valence-electron chi connectivity index (χ3n) is 3.99. The highest BCUT2D eigenvalue weighted by Gasteiger charge is 2.10. The third-order valence-corrected chi connectivity index (χ3v) is 3.99. The van der Waals surface area contributed by atoms with E-state index in [-0.39, 0.29) is 17.1 Å². The first-order chi connectivity index (χ1) is 12.7. The van der Waals surface area contributed by atoms with Crippen molar-refractivity contribution in [1.82, 2.24) is 5.32 Å². The Morgan fingerprint density at radius 1 is 1.00 bits per heavy atom. The van der Waals surface area contributed by atoms with Crippen molar-refractivity contribution in [2.75, 3.05) is 0 Å². The quantitative estimate of drug-likeness (QED) is 0.739. The molecule has 0 aliphatic rings. The summed E-state index contributed by atoms with van der Waals surface area (Å²) in [6.45, 7) is 7.07. The molecule has 2 aromatic rings. The van der Waals surface area contributed by atoms with E-state index in [2.05, 4.69) is 5.32 Å². The van der Waals surface area contributed by atoms with Crippen LogP contribution in [-0.4, -0.2) is 22.6 Å². The maximum atomic E-state index is 12.1. The van der Waals surface area contributed by atoms with Gasteiger partial charge in [-0.15, -0.1) is 0 Å². The van der Waals surface area contributed by atoms with E-state index >= 15 is 0 Å². The lowest BCUT2D eigenvalue weighted by Gasteiger charge is -2.19. The molecule has 27 heavy (non-hydrogen) atoms. The molecule has 0 aromatic heterocycles. The molecular weight excluding hydrogens is 342 g/mol. The minimum Gasteiger partial charge on any atom is -0.478 e. The molecule has 0 heterocycles. The van der Waals surface area contributed by atoms with E-state index in [4.69, 9.17) is 9.84 Å². The number of carbonyl (C=O) groups excluding carboxylic acids is 1. The highest BCUT2D eigenvalue weighted by Crippen LogP contribution is 2.13. The zero-order valence-corrected chi connectivity index (χ0v) is 16.1. The molecule has 5 nitrogen and oxygen atoms in total. The SMILES string of the molecule is CC(C)(C)OCc1cccc(CNC(=O)CCc2ccc(C(=O)O)cc2)c1. The van der Waals surface area contributed by atoms with E-state index < -0.39 is 5.97 Å². The monoisotopic (exact) mass is 369 g/mol. The highest BCUT2D eigenvalue weighted by atomic mass is 16.5. The Balaban J connectivity index is 1.79. The molecule has 0 fully saturated rings. The van der Waals surface area contributed by atoms with E-state index in [1.165, 1.54) is 0 Å². The maximum absolute atomic E-state index is 12.1. The average Bonchev–Trinajstić information content (AvgIpc) is 2.63. The van der Waals surface area contributed by atoms with Crippen molar-refractivity contribution in [2.24, 2.45) is 0 Å². The van der Waals surface area contributed by atoms with Gasteiger partial charge in [0.2, 0.25) is 5.91 Å². The molecule has 2 rings (SSSR count). The van der Waals surface area contributed by atoms with Crippen LogP contribution in [0, 0.1) is 0 Å². The van der Waals surface area contributed by atoms with E-state index in [0.717, 1.165) is 16.7 Å². The predicted octanol–water partition coefficient (Wildman–Crippen LogP) is 3.95. The molecule has 0 saturated heterocycles. The summed E-state index contributed by atoms with van der Waals surface area (Å²) in [6.07, 6.45) is 0.935. The summed E-state index contributed by atoms with van der Waals surface area (Å²) in [6, 6.07) is 14.6. The summed E-state index contributed by atoms with van der Waals surface area (Å²) in [4.78, 5) is 22.9. The summed E-state index contributed by atoms with van der Waals surface area (Å²) in [5.74, 6) is -0.983. The van der Waals surface area contributed by atoms with E-state index in [0.29, 0.717) is 26.0 Å². The highest BCUT2D eigenvalue weighted by molar-refractivity contribution is 5.87. The fourth-order valence-corrected chi connectivity index (χ4v) is 2.49. The summed E-state index contributed by atoms with van der Waals surface area (Å²) in [7, 11) is 0. The number of aryl methyl sites for hydroxylation is 1. The molecule has 0 unspecified atom stereocenters. The van der Waals surface area contributed by atoms with Crippen molar-refractivity contribution in [3.63, 3.8) is 0 Å². The Morgan fingerprint density at radius 3 is 2.30 bits per heavy atom. The van der Waals surface area contributed by atoms with Crippen molar-refractivity contribution in [1.29, 1.82) is 0 Å². The molecule has 0 aliphatic carbocycles. The Bertz CT molecular complexity index is 776. The van der Waals surface area contributed by atoms with Crippen molar-refractivity contribution < 1.29 is 19.4 Å². The molecule has 1 amide bonds. The third kappa shape index (κ3) is 7.62. The van der Waals surface area contributed by atoms with E-state index in [9.17, 15) is 9.59 Å². The topological polar surface area (TPSA) is 75.6 Å². The van der Waals surface area contributed by atoms with Gasteiger partial charge in [-0.3, -0.25) is 4.79 Å². The second kappa shape index (κ2) is 9.33. The number of amides is 1. The second-order valence-electron chi connectivity index (χ2n) is 7.50. The van der Waals surface area contributed by atoms with Gasteiger partial charge < -0.3 is 15.2 Å². The lowest BCUT2D eigenvalue weighted by Crippen LogP contribution is -2.23. The average molecular weight is 369 g/mol. The van der Waals surface area contributed by atoms with Gasteiger partial charge in [0.15, 0.2) is 0 Å². The molecule has 0 atom stereocenters. The molecule has 0 bridgehead atoms. The minimum absolute atomic E-state index is 0.0337. The largest absolute Gasteiger partial charge is 0.478 e. The van der Waals surface area contributed by atoms with Gasteiger partial charge >= 0.3 is 5.97 Å². The van der Waals surface area contributed by atoms with Gasteiger partial charge in [0.25, 0.3) is 0 Å². The molecule has 144 valence electrons. The van der Waals surface area contributed by atoms with Crippen LogP contribution in [0.5, 0.6) is 0 Å². The van der Waals surface area contributed by atoms with Gasteiger partial charge in [0.05, 0.1) is 17.8 Å². The van der Waals surface area contributed by atoms with Crippen LogP contribution in [0.25, 0.3) is 0 Å². The van der Waals surface area contributed by atoms with Crippen molar-refractivity contribution >= 4 is 11.9 Å². The number of nitrogens with one attached hydrogen (secondary N) is 1. The number of ether oxygens (including phenoxy) is 1. The Morgan fingerprint density at radius 2 is 1.67 bits per heavy atom. The van der Waals surface area contributed by atoms with Crippen LogP contribution < -0.4 is 5.32 Å². The van der Waals surface area contributed by atoms with Crippen molar-refractivity contribution in [2.45, 2.75) is 52.4 Å². The lowest BCUT2D eigenvalue weighted by atomic mass is 10.1. The summed E-state index contributed by atoms with van der Waals surface area (Å²) < 4.78 is 5.78. The number of carboxylic acids is 1. The van der Waals surface area contributed by atoms with Gasteiger partial charge in [-0.05, 0) is 56.0 Å². The smallest absolute Gasteiger partial charge is 0.335 e. The number of rotatable bonds is 8. The second-order valence-corrected chi connectivity index (χ2v) is 7.50. The number of hydrogen-bond donors (Lipinski definition) is 2. The lowest BCUT2D eigenvalue weighted by molar-refractivity contribution is -0.121. The van der Waals surface area contributed by atoms with Crippen LogP contribution in [0.4, 0.5) is 0 Å². The van der Waals surface area contributed by atoms with Gasteiger partial charge in [0, 0.05) is 13.0 Å². The molecule has 0 saturated carbocycles. The number of hydrogen-bond acceptors (Lipinski definition) is 3. The zero-order valence-electron chi connectivity index (χ0n) is 16.1. The Labute approximate surface area is 160 Å². The first-order valence-electron chi connectivity index (χ1n) is 9.04. The maximum Gasteiger partial charge on any atom is 0.335 e. The van der Waals surface area contributed by atoms with Gasteiger partial charge in [0.1, 0.15) is 0 Å². The molecule has 5 heteroatoms. The van der Waals surface area contributed by atoms with Crippen LogP contribution in [0.1, 0.15) is 54.2 Å².